The van der Waals surface area contributed by atoms with Gasteiger partial charge in [0.25, 0.3) is 0 Å². The lowest BCUT2D eigenvalue weighted by Crippen LogP contribution is -2.29. The number of carbonyl (C=O) groups excluding carboxylic acids is 1. The maximum atomic E-state index is 11.9. The maximum Gasteiger partial charge on any atom is 0.343 e. The van der Waals surface area contributed by atoms with Gasteiger partial charge in [0.05, 0.1) is 13.2 Å². The van der Waals surface area contributed by atoms with Crippen LogP contribution in [0.3, 0.4) is 0 Å². The summed E-state index contributed by atoms with van der Waals surface area (Å²) in [7, 11) is 1.34. The maximum absolute atomic E-state index is 11.9. The van der Waals surface area contributed by atoms with Crippen molar-refractivity contribution in [2.45, 2.75) is 57.6 Å². The number of aromatic nitrogens is 2. The molecule has 1 saturated carbocycles. The summed E-state index contributed by atoms with van der Waals surface area (Å²) in [6.07, 6.45) is 6.62. The number of methoxy groups -OCH3 is 1. The molecule has 1 aromatic rings. The number of anilines is 2. The van der Waals surface area contributed by atoms with E-state index in [-0.39, 0.29) is 12.1 Å². The second-order valence-electron chi connectivity index (χ2n) is 5.88. The Labute approximate surface area is 136 Å². The molecule has 1 aliphatic rings. The van der Waals surface area contributed by atoms with Gasteiger partial charge in [-0.3, -0.25) is 0 Å². The predicted molar refractivity (Wildman–Crippen MR) is 88.7 cm³/mol. The molecule has 7 nitrogen and oxygen atoms in total. The Balaban J connectivity index is 2.11. The number of hydrogen-bond acceptors (Lipinski definition) is 7. The van der Waals surface area contributed by atoms with Gasteiger partial charge >= 0.3 is 5.97 Å². The molecule has 3 N–H and O–H groups in total. The van der Waals surface area contributed by atoms with Crippen LogP contribution in [0.15, 0.2) is 6.20 Å². The molecule has 0 amide bonds. The van der Waals surface area contributed by atoms with Crippen LogP contribution < -0.4 is 10.6 Å². The van der Waals surface area contributed by atoms with E-state index in [4.69, 9.17) is 4.74 Å². The minimum atomic E-state index is -0.455. The highest BCUT2D eigenvalue weighted by Gasteiger charge is 2.22. The van der Waals surface area contributed by atoms with Gasteiger partial charge in [0.1, 0.15) is 11.4 Å². The summed E-state index contributed by atoms with van der Waals surface area (Å²) in [6, 6.07) is 0.195. The fourth-order valence-electron chi connectivity index (χ4n) is 2.63. The molecule has 1 heterocycles. The Hall–Kier alpha value is -1.89. The summed E-state index contributed by atoms with van der Waals surface area (Å²) in [5.41, 5.74) is 0.333. The first kappa shape index (κ1) is 17.5. The Morgan fingerprint density at radius 1 is 1.39 bits per heavy atom. The number of ether oxygens (including phenoxy) is 1. The lowest BCUT2D eigenvalue weighted by molar-refractivity contribution is 0.0600. The molecule has 1 aromatic heterocycles. The highest BCUT2D eigenvalue weighted by Crippen LogP contribution is 2.24. The smallest absolute Gasteiger partial charge is 0.343 e. The summed E-state index contributed by atoms with van der Waals surface area (Å²) in [4.78, 5) is 20.5. The second-order valence-corrected chi connectivity index (χ2v) is 5.88. The van der Waals surface area contributed by atoms with Gasteiger partial charge in [-0.1, -0.05) is 13.3 Å². The quantitative estimate of drug-likeness (QED) is 0.523. The van der Waals surface area contributed by atoms with Crippen molar-refractivity contribution in [3.63, 3.8) is 0 Å². The highest BCUT2D eigenvalue weighted by molar-refractivity contribution is 5.94. The van der Waals surface area contributed by atoms with Crippen LogP contribution in [0.1, 0.15) is 55.8 Å². The van der Waals surface area contributed by atoms with Crippen LogP contribution in [-0.4, -0.2) is 46.8 Å². The fraction of sp³-hybridized carbons (Fsp3) is 0.688. The minimum Gasteiger partial charge on any atom is -0.465 e. The molecule has 0 aliphatic heterocycles. The largest absolute Gasteiger partial charge is 0.465 e. The van der Waals surface area contributed by atoms with Crippen LogP contribution in [-0.2, 0) is 4.74 Å². The summed E-state index contributed by atoms with van der Waals surface area (Å²) in [6.45, 7) is 2.91. The predicted octanol–water partition coefficient (Wildman–Crippen LogP) is 2.19. The van der Waals surface area contributed by atoms with Crippen molar-refractivity contribution >= 4 is 17.7 Å². The summed E-state index contributed by atoms with van der Waals surface area (Å²) in [5.74, 6) is 0.542. The average Bonchev–Trinajstić information content (AvgIpc) is 2.57. The van der Waals surface area contributed by atoms with Gasteiger partial charge in [0, 0.05) is 18.8 Å². The number of nitrogens with one attached hydrogen (secondary N) is 2. The average molecular weight is 322 g/mol. The van der Waals surface area contributed by atoms with Crippen molar-refractivity contribution < 1.29 is 14.6 Å². The summed E-state index contributed by atoms with van der Waals surface area (Å²) < 4.78 is 4.80. The van der Waals surface area contributed by atoms with E-state index in [1.807, 2.05) is 0 Å². The van der Waals surface area contributed by atoms with Crippen molar-refractivity contribution in [3.8, 4) is 0 Å². The van der Waals surface area contributed by atoms with E-state index in [1.165, 1.54) is 13.3 Å². The minimum absolute atomic E-state index is 0.195. The topological polar surface area (TPSA) is 96.4 Å². The Bertz CT molecular complexity index is 516. The highest BCUT2D eigenvalue weighted by atomic mass is 16.5. The van der Waals surface area contributed by atoms with E-state index in [1.54, 1.807) is 0 Å². The summed E-state index contributed by atoms with van der Waals surface area (Å²) in [5, 5.41) is 16.1. The first-order valence-corrected chi connectivity index (χ1v) is 8.27. The monoisotopic (exact) mass is 322 g/mol. The lowest BCUT2D eigenvalue weighted by atomic mass is 9.93. The molecule has 1 aliphatic carbocycles. The molecule has 128 valence electrons. The molecule has 0 bridgehead atoms. The molecule has 0 aromatic carbocycles. The number of rotatable bonds is 7. The Morgan fingerprint density at radius 2 is 2.13 bits per heavy atom. The molecule has 0 radical (unpaired) electrons. The standard InChI is InChI=1S/C16H26N4O3/c1-3-4-9-17-16-18-10-13(15(22)23-2)14(20-16)19-11-5-7-12(21)8-6-11/h10-12,21H,3-9H2,1-2H3,(H2,17,18,19,20)/t11-,12-. The van der Waals surface area contributed by atoms with E-state index in [0.717, 1.165) is 45.1 Å². The molecule has 23 heavy (non-hydrogen) atoms. The van der Waals surface area contributed by atoms with Gasteiger partial charge in [0.2, 0.25) is 5.95 Å². The van der Waals surface area contributed by atoms with Crippen LogP contribution in [0.5, 0.6) is 0 Å². The van der Waals surface area contributed by atoms with Crippen LogP contribution in [0.4, 0.5) is 11.8 Å². The summed E-state index contributed by atoms with van der Waals surface area (Å²) >= 11 is 0. The number of unbranched alkanes of at least 4 members (excludes halogenated alkanes) is 1. The number of hydrogen-bond donors (Lipinski definition) is 3. The van der Waals surface area contributed by atoms with Gasteiger partial charge in [-0.15, -0.1) is 0 Å². The normalized spacial score (nSPS) is 20.8. The number of carbonyl (C=O) groups is 1. The molecule has 0 spiro atoms. The molecular formula is C16H26N4O3. The zero-order chi connectivity index (χ0) is 16.7. The van der Waals surface area contributed by atoms with Crippen molar-refractivity contribution in [1.29, 1.82) is 0 Å². The van der Waals surface area contributed by atoms with Gasteiger partial charge in [-0.2, -0.15) is 4.98 Å². The molecule has 2 rings (SSSR count). The van der Waals surface area contributed by atoms with E-state index >= 15 is 0 Å². The van der Waals surface area contributed by atoms with Crippen LogP contribution in [0, 0.1) is 0 Å². The third kappa shape index (κ3) is 5.06. The Morgan fingerprint density at radius 3 is 2.78 bits per heavy atom. The van der Waals surface area contributed by atoms with E-state index < -0.39 is 5.97 Å². The number of esters is 1. The third-order valence-electron chi connectivity index (χ3n) is 4.05. The number of nitrogens with zero attached hydrogens (tertiary/aromatic N) is 2. The Kier molecular flexibility index (Phi) is 6.58. The SMILES string of the molecule is CCCCNc1ncc(C(=O)OC)c(N[C@H]2CC[C@H](O)CC2)n1. The lowest BCUT2D eigenvalue weighted by Gasteiger charge is -2.27. The molecule has 0 unspecified atom stereocenters. The molecule has 0 saturated heterocycles. The fourth-order valence-corrected chi connectivity index (χ4v) is 2.63. The van der Waals surface area contributed by atoms with Crippen molar-refractivity contribution in [2.75, 3.05) is 24.3 Å². The van der Waals surface area contributed by atoms with Crippen molar-refractivity contribution in [2.24, 2.45) is 0 Å². The van der Waals surface area contributed by atoms with Crippen LogP contribution >= 0.6 is 0 Å². The number of aliphatic hydroxyl groups excluding tert-OH is 1. The second kappa shape index (κ2) is 8.67. The zero-order valence-electron chi connectivity index (χ0n) is 13.8. The zero-order valence-corrected chi connectivity index (χ0v) is 13.8. The van der Waals surface area contributed by atoms with Crippen LogP contribution in [0.2, 0.25) is 0 Å². The van der Waals surface area contributed by atoms with Crippen molar-refractivity contribution in [1.82, 2.24) is 9.97 Å². The van der Waals surface area contributed by atoms with Gasteiger partial charge < -0.3 is 20.5 Å². The van der Waals surface area contributed by atoms with E-state index in [9.17, 15) is 9.90 Å². The van der Waals surface area contributed by atoms with Crippen LogP contribution in [0.25, 0.3) is 0 Å². The van der Waals surface area contributed by atoms with Crippen molar-refractivity contribution in [3.05, 3.63) is 11.8 Å². The molecule has 0 atom stereocenters. The molecule has 1 fully saturated rings. The van der Waals surface area contributed by atoms with Gasteiger partial charge in [0.15, 0.2) is 0 Å². The van der Waals surface area contributed by atoms with Gasteiger partial charge in [-0.05, 0) is 32.1 Å². The van der Waals surface area contributed by atoms with E-state index in [0.29, 0.717) is 17.3 Å². The third-order valence-corrected chi connectivity index (χ3v) is 4.05. The van der Waals surface area contributed by atoms with Gasteiger partial charge in [-0.25, -0.2) is 9.78 Å². The first-order valence-electron chi connectivity index (χ1n) is 8.27. The molecular weight excluding hydrogens is 296 g/mol. The van der Waals surface area contributed by atoms with E-state index in [2.05, 4.69) is 27.5 Å². The molecule has 7 heteroatoms. The number of aliphatic hydroxyl groups is 1. The first-order chi connectivity index (χ1) is 11.1.